The second-order valence-electron chi connectivity index (χ2n) is 7.48. The van der Waals surface area contributed by atoms with E-state index in [1.165, 1.54) is 12.0 Å². The van der Waals surface area contributed by atoms with Gasteiger partial charge in [-0.2, -0.15) is 0 Å². The Labute approximate surface area is 180 Å². The highest BCUT2D eigenvalue weighted by Crippen LogP contribution is 2.24. The van der Waals surface area contributed by atoms with Gasteiger partial charge in [0.2, 0.25) is 0 Å². The van der Waals surface area contributed by atoms with E-state index in [0.29, 0.717) is 12.0 Å². The number of Topliss-reactive ketones (excluding diaryl/α,β-unsaturated/α-hetero) is 1. The number of carbonyl (C=O) groups is 4. The number of esters is 2. The van der Waals surface area contributed by atoms with Crippen molar-refractivity contribution in [3.05, 3.63) is 70.8 Å². The Bertz CT molecular complexity index is 982. The number of carbonyl (C=O) groups excluding carboxylic acids is 4. The van der Waals surface area contributed by atoms with Crippen LogP contribution in [0.3, 0.4) is 0 Å². The van der Waals surface area contributed by atoms with Gasteiger partial charge in [0, 0.05) is 24.9 Å². The maximum atomic E-state index is 12.7. The van der Waals surface area contributed by atoms with Crippen molar-refractivity contribution >= 4 is 23.6 Å². The van der Waals surface area contributed by atoms with Gasteiger partial charge >= 0.3 is 11.9 Å². The summed E-state index contributed by atoms with van der Waals surface area (Å²) in [5.74, 6) is -1.80. The number of benzene rings is 2. The standard InChI is InChI=1S/C24H25NO6/c1-16-7-9-17(10-8-16)21(26)11-12-23(28)31-15-22(27)25-14-19-6-4-3-5-18(19)13-20(25)24(29)30-2/h3-10,20H,11-15H2,1-2H3/t20-/m1/s1. The molecule has 1 aliphatic heterocycles. The molecule has 0 saturated carbocycles. The van der Waals surface area contributed by atoms with Crippen molar-refractivity contribution in [2.45, 2.75) is 38.8 Å². The fourth-order valence-electron chi connectivity index (χ4n) is 3.53. The lowest BCUT2D eigenvalue weighted by Gasteiger charge is -2.35. The second-order valence-corrected chi connectivity index (χ2v) is 7.48. The minimum atomic E-state index is -0.769. The van der Waals surface area contributed by atoms with E-state index in [4.69, 9.17) is 9.47 Å². The van der Waals surface area contributed by atoms with Crippen LogP contribution in [0.4, 0.5) is 0 Å². The summed E-state index contributed by atoms with van der Waals surface area (Å²) in [7, 11) is 1.27. The van der Waals surface area contributed by atoms with Crippen molar-refractivity contribution in [2.75, 3.05) is 13.7 Å². The molecule has 0 bridgehead atoms. The zero-order valence-electron chi connectivity index (χ0n) is 17.6. The fourth-order valence-corrected chi connectivity index (χ4v) is 3.53. The fraction of sp³-hybridized carbons (Fsp3) is 0.333. The van der Waals surface area contributed by atoms with Gasteiger partial charge in [-0.15, -0.1) is 0 Å². The summed E-state index contributed by atoms with van der Waals surface area (Å²) in [4.78, 5) is 50.5. The van der Waals surface area contributed by atoms with Crippen LogP contribution < -0.4 is 0 Å². The van der Waals surface area contributed by atoms with Gasteiger partial charge in [0.1, 0.15) is 6.04 Å². The highest BCUT2D eigenvalue weighted by molar-refractivity contribution is 5.97. The third-order valence-electron chi connectivity index (χ3n) is 5.33. The van der Waals surface area contributed by atoms with E-state index in [-0.39, 0.29) is 25.2 Å². The van der Waals surface area contributed by atoms with E-state index in [1.54, 1.807) is 12.1 Å². The minimum absolute atomic E-state index is 0.00202. The molecular weight excluding hydrogens is 398 g/mol. The van der Waals surface area contributed by atoms with Gasteiger partial charge in [-0.3, -0.25) is 14.4 Å². The zero-order valence-corrected chi connectivity index (χ0v) is 17.6. The molecule has 31 heavy (non-hydrogen) atoms. The molecular formula is C24H25NO6. The molecule has 162 valence electrons. The minimum Gasteiger partial charge on any atom is -0.467 e. The van der Waals surface area contributed by atoms with Crippen LogP contribution in [-0.4, -0.2) is 48.3 Å². The third-order valence-corrected chi connectivity index (χ3v) is 5.33. The van der Waals surface area contributed by atoms with Gasteiger partial charge in [0.25, 0.3) is 5.91 Å². The lowest BCUT2D eigenvalue weighted by molar-refractivity contribution is -0.159. The topological polar surface area (TPSA) is 90.0 Å². The van der Waals surface area contributed by atoms with Crippen molar-refractivity contribution < 1.29 is 28.7 Å². The van der Waals surface area contributed by atoms with Crippen molar-refractivity contribution in [1.29, 1.82) is 0 Å². The number of ether oxygens (including phenoxy) is 2. The number of hydrogen-bond donors (Lipinski definition) is 0. The van der Waals surface area contributed by atoms with Gasteiger partial charge < -0.3 is 14.4 Å². The van der Waals surface area contributed by atoms with E-state index in [0.717, 1.165) is 16.7 Å². The Balaban J connectivity index is 1.54. The second kappa shape index (κ2) is 10.0. The molecule has 0 aromatic heterocycles. The molecule has 1 amide bonds. The average molecular weight is 423 g/mol. The monoisotopic (exact) mass is 423 g/mol. The lowest BCUT2D eigenvalue weighted by Crippen LogP contribution is -2.50. The van der Waals surface area contributed by atoms with Crippen LogP contribution in [0.25, 0.3) is 0 Å². The van der Waals surface area contributed by atoms with Gasteiger partial charge in [-0.1, -0.05) is 54.1 Å². The first-order valence-electron chi connectivity index (χ1n) is 10.1. The maximum Gasteiger partial charge on any atom is 0.328 e. The van der Waals surface area contributed by atoms with E-state index in [9.17, 15) is 19.2 Å². The molecule has 3 rings (SSSR count). The largest absolute Gasteiger partial charge is 0.467 e. The van der Waals surface area contributed by atoms with E-state index in [1.807, 2.05) is 43.3 Å². The van der Waals surface area contributed by atoms with Gasteiger partial charge in [0.05, 0.1) is 13.5 Å². The first-order valence-corrected chi connectivity index (χ1v) is 10.1. The van der Waals surface area contributed by atoms with E-state index in [2.05, 4.69) is 0 Å². The zero-order chi connectivity index (χ0) is 22.4. The van der Waals surface area contributed by atoms with Crippen LogP contribution in [0.2, 0.25) is 0 Å². The molecule has 2 aromatic carbocycles. The number of amides is 1. The Hall–Kier alpha value is -3.48. The summed E-state index contributed by atoms with van der Waals surface area (Å²) in [5, 5.41) is 0. The predicted molar refractivity (Wildman–Crippen MR) is 112 cm³/mol. The molecule has 1 aliphatic rings. The SMILES string of the molecule is COC(=O)[C@H]1Cc2ccccc2CN1C(=O)COC(=O)CCC(=O)c1ccc(C)cc1. The number of aryl methyl sites for hydroxylation is 1. The Morgan fingerprint density at radius 2 is 1.65 bits per heavy atom. The van der Waals surface area contributed by atoms with Gasteiger partial charge in [0.15, 0.2) is 12.4 Å². The molecule has 1 heterocycles. The quantitative estimate of drug-likeness (QED) is 0.502. The van der Waals surface area contributed by atoms with Crippen LogP contribution in [0.15, 0.2) is 48.5 Å². The number of fused-ring (bicyclic) bond motifs is 1. The molecule has 0 aliphatic carbocycles. The first kappa shape index (κ1) is 22.2. The smallest absolute Gasteiger partial charge is 0.328 e. The van der Waals surface area contributed by atoms with Crippen LogP contribution >= 0.6 is 0 Å². The van der Waals surface area contributed by atoms with E-state index < -0.39 is 30.5 Å². The summed E-state index contributed by atoms with van der Waals surface area (Å²) in [6.07, 6.45) is 0.217. The summed E-state index contributed by atoms with van der Waals surface area (Å²) < 4.78 is 9.92. The molecule has 1 atom stereocenters. The molecule has 0 unspecified atom stereocenters. The van der Waals surface area contributed by atoms with Crippen molar-refractivity contribution in [3.8, 4) is 0 Å². The Kier molecular flexibility index (Phi) is 7.18. The normalized spacial score (nSPS) is 15.0. The number of nitrogens with zero attached hydrogens (tertiary/aromatic N) is 1. The van der Waals surface area contributed by atoms with Crippen molar-refractivity contribution in [2.24, 2.45) is 0 Å². The highest BCUT2D eigenvalue weighted by atomic mass is 16.5. The lowest BCUT2D eigenvalue weighted by atomic mass is 9.94. The average Bonchev–Trinajstić information content (AvgIpc) is 2.80. The molecule has 0 N–H and O–H groups in total. The molecule has 0 fully saturated rings. The van der Waals surface area contributed by atoms with Crippen LogP contribution in [0.1, 0.15) is 39.9 Å². The Morgan fingerprint density at radius 3 is 2.32 bits per heavy atom. The highest BCUT2D eigenvalue weighted by Gasteiger charge is 2.35. The van der Waals surface area contributed by atoms with E-state index >= 15 is 0 Å². The van der Waals surface area contributed by atoms with Crippen LogP contribution in [-0.2, 0) is 36.8 Å². The first-order chi connectivity index (χ1) is 14.9. The molecule has 7 heteroatoms. The molecule has 0 spiro atoms. The third kappa shape index (κ3) is 5.57. The van der Waals surface area contributed by atoms with Crippen LogP contribution in [0.5, 0.6) is 0 Å². The molecule has 2 aromatic rings. The van der Waals surface area contributed by atoms with Gasteiger partial charge in [-0.25, -0.2) is 4.79 Å². The Morgan fingerprint density at radius 1 is 0.968 bits per heavy atom. The summed E-state index contributed by atoms with van der Waals surface area (Å²) in [6.45, 7) is 1.67. The van der Waals surface area contributed by atoms with Crippen molar-refractivity contribution in [3.63, 3.8) is 0 Å². The summed E-state index contributed by atoms with van der Waals surface area (Å²) in [6, 6.07) is 13.9. The molecule has 0 saturated heterocycles. The maximum absolute atomic E-state index is 12.7. The van der Waals surface area contributed by atoms with Gasteiger partial charge in [-0.05, 0) is 18.1 Å². The molecule has 0 radical (unpaired) electrons. The summed E-state index contributed by atoms with van der Waals surface area (Å²) >= 11 is 0. The number of ketones is 1. The van der Waals surface area contributed by atoms with Crippen LogP contribution in [0, 0.1) is 6.92 Å². The van der Waals surface area contributed by atoms with Crippen molar-refractivity contribution in [1.82, 2.24) is 4.90 Å². The number of hydrogen-bond acceptors (Lipinski definition) is 6. The number of methoxy groups -OCH3 is 1. The molecule has 7 nitrogen and oxygen atoms in total. The number of rotatable bonds is 7. The summed E-state index contributed by atoms with van der Waals surface area (Å²) in [5.41, 5.74) is 3.49. The predicted octanol–water partition coefficient (Wildman–Crippen LogP) is 2.63.